The molecule has 0 aliphatic heterocycles. The number of aromatic nitrogens is 3. The zero-order valence-corrected chi connectivity index (χ0v) is 18.3. The van der Waals surface area contributed by atoms with Gasteiger partial charge in [-0.05, 0) is 50.2 Å². The number of rotatable bonds is 7. The van der Waals surface area contributed by atoms with Crippen LogP contribution in [0.15, 0.2) is 59.1 Å². The topological polar surface area (TPSA) is 115 Å². The van der Waals surface area contributed by atoms with Crippen molar-refractivity contribution in [1.29, 1.82) is 0 Å². The van der Waals surface area contributed by atoms with Gasteiger partial charge in [0, 0.05) is 23.5 Å². The number of ether oxygens (including phenoxy) is 1. The lowest BCUT2D eigenvalue weighted by Crippen LogP contribution is -2.16. The molecule has 4 rings (SSSR count). The van der Waals surface area contributed by atoms with Crippen molar-refractivity contribution in [3.8, 4) is 5.75 Å². The first kappa shape index (κ1) is 20.8. The number of carbonyl (C=O) groups is 1. The molecule has 0 aliphatic rings. The zero-order valence-electron chi connectivity index (χ0n) is 16.7. The number of thiazole rings is 1. The van der Waals surface area contributed by atoms with Crippen LogP contribution in [0.5, 0.6) is 5.75 Å². The lowest BCUT2D eigenvalue weighted by molar-refractivity contribution is 0.102. The van der Waals surface area contributed by atoms with E-state index in [1.165, 1.54) is 41.8 Å². The quantitative estimate of drug-likeness (QED) is 0.439. The number of pyridine rings is 1. The number of carbonyl (C=O) groups excluding carboxylic acids is 1. The van der Waals surface area contributed by atoms with Crippen LogP contribution in [0.25, 0.3) is 5.65 Å². The number of amides is 1. The molecule has 0 aliphatic carbocycles. The van der Waals surface area contributed by atoms with Crippen molar-refractivity contribution >= 4 is 43.7 Å². The van der Waals surface area contributed by atoms with E-state index in [9.17, 15) is 13.2 Å². The van der Waals surface area contributed by atoms with Gasteiger partial charge < -0.3 is 10.1 Å². The Bertz CT molecular complexity index is 1330. The maximum absolute atomic E-state index is 12.9. The molecule has 0 unspecified atom stereocenters. The largest absolute Gasteiger partial charge is 0.490 e. The summed E-state index contributed by atoms with van der Waals surface area (Å²) in [7, 11) is -3.76. The number of sulfonamides is 1. The first-order valence-corrected chi connectivity index (χ1v) is 11.7. The van der Waals surface area contributed by atoms with E-state index < -0.39 is 10.0 Å². The number of imidazole rings is 1. The number of hydrogen-bond donors (Lipinski definition) is 2. The van der Waals surface area contributed by atoms with Crippen molar-refractivity contribution < 1.29 is 17.9 Å². The molecule has 4 aromatic rings. The summed E-state index contributed by atoms with van der Waals surface area (Å²) in [6, 6.07) is 9.47. The average Bonchev–Trinajstić information content (AvgIpc) is 3.35. The molecule has 3 heterocycles. The number of nitrogens with one attached hydrogen (secondary N) is 2. The number of nitrogens with zero attached hydrogens (tertiary/aromatic N) is 3. The minimum absolute atomic E-state index is 0.0630. The summed E-state index contributed by atoms with van der Waals surface area (Å²) >= 11 is 1.19. The van der Waals surface area contributed by atoms with E-state index in [2.05, 4.69) is 20.0 Å². The molecule has 11 heteroatoms. The van der Waals surface area contributed by atoms with E-state index in [0.717, 1.165) is 0 Å². The first-order chi connectivity index (χ1) is 14.9. The Balaban J connectivity index is 1.56. The van der Waals surface area contributed by atoms with E-state index in [-0.39, 0.29) is 15.9 Å². The zero-order chi connectivity index (χ0) is 22.0. The van der Waals surface area contributed by atoms with Crippen LogP contribution >= 0.6 is 11.3 Å². The molecular formula is C20H19N5O4S2. The van der Waals surface area contributed by atoms with Crippen LogP contribution in [0.3, 0.4) is 0 Å². The Morgan fingerprint density at radius 1 is 1.23 bits per heavy atom. The Hall–Kier alpha value is -3.44. The van der Waals surface area contributed by atoms with Gasteiger partial charge in [-0.1, -0.05) is 0 Å². The van der Waals surface area contributed by atoms with Crippen LogP contribution in [0.4, 0.5) is 10.8 Å². The van der Waals surface area contributed by atoms with E-state index in [4.69, 9.17) is 4.74 Å². The fraction of sp³-hybridized carbons (Fsp3) is 0.150. The highest BCUT2D eigenvalue weighted by Crippen LogP contribution is 2.24. The van der Waals surface area contributed by atoms with Crippen molar-refractivity contribution in [2.24, 2.45) is 0 Å². The minimum atomic E-state index is -3.76. The summed E-state index contributed by atoms with van der Waals surface area (Å²) < 4.78 is 34.6. The molecule has 2 N–H and O–H groups in total. The van der Waals surface area contributed by atoms with Gasteiger partial charge in [-0.2, -0.15) is 0 Å². The van der Waals surface area contributed by atoms with Gasteiger partial charge in [0.2, 0.25) is 0 Å². The van der Waals surface area contributed by atoms with Gasteiger partial charge >= 0.3 is 0 Å². The van der Waals surface area contributed by atoms with Crippen LogP contribution in [0.2, 0.25) is 0 Å². The second-order valence-corrected chi connectivity index (χ2v) is 9.04. The molecule has 31 heavy (non-hydrogen) atoms. The number of anilines is 2. The van der Waals surface area contributed by atoms with Crippen molar-refractivity contribution in [3.05, 3.63) is 65.6 Å². The smallest absolute Gasteiger partial charge is 0.274 e. The summed E-state index contributed by atoms with van der Waals surface area (Å²) in [5.41, 5.74) is 1.94. The predicted octanol–water partition coefficient (Wildman–Crippen LogP) is 3.55. The lowest BCUT2D eigenvalue weighted by Gasteiger charge is -2.09. The van der Waals surface area contributed by atoms with E-state index in [1.807, 2.05) is 6.92 Å². The van der Waals surface area contributed by atoms with E-state index in [1.54, 1.807) is 35.0 Å². The van der Waals surface area contributed by atoms with Gasteiger partial charge in [-0.15, -0.1) is 11.3 Å². The molecule has 1 amide bonds. The normalized spacial score (nSPS) is 11.4. The van der Waals surface area contributed by atoms with Gasteiger partial charge in [-0.3, -0.25) is 13.9 Å². The third-order valence-electron chi connectivity index (χ3n) is 4.38. The SMILES string of the molecule is CCOc1cccn2c(C(=O)Nc3ccc(S(=O)(=O)Nc4nccs4)cc3)c(C)nc12. The maximum atomic E-state index is 12.9. The van der Waals surface area contributed by atoms with Gasteiger partial charge in [0.25, 0.3) is 15.9 Å². The summed E-state index contributed by atoms with van der Waals surface area (Å²) in [5, 5.41) is 4.75. The van der Waals surface area contributed by atoms with E-state index >= 15 is 0 Å². The van der Waals surface area contributed by atoms with Crippen LogP contribution in [-0.4, -0.2) is 35.3 Å². The van der Waals surface area contributed by atoms with Gasteiger partial charge in [0.15, 0.2) is 16.5 Å². The minimum Gasteiger partial charge on any atom is -0.490 e. The summed E-state index contributed by atoms with van der Waals surface area (Å²) in [5.74, 6) is 0.226. The first-order valence-electron chi connectivity index (χ1n) is 9.33. The molecular weight excluding hydrogens is 438 g/mol. The third-order valence-corrected chi connectivity index (χ3v) is 6.55. The molecule has 0 saturated heterocycles. The second-order valence-electron chi connectivity index (χ2n) is 6.47. The molecule has 3 aromatic heterocycles. The molecule has 0 saturated carbocycles. The highest BCUT2D eigenvalue weighted by atomic mass is 32.2. The average molecular weight is 458 g/mol. The Labute approximate surface area is 182 Å². The fourth-order valence-corrected chi connectivity index (χ4v) is 4.84. The Morgan fingerprint density at radius 2 is 2.00 bits per heavy atom. The second kappa shape index (κ2) is 8.36. The number of benzene rings is 1. The van der Waals surface area contributed by atoms with Crippen molar-refractivity contribution in [1.82, 2.24) is 14.4 Å². The molecule has 0 atom stereocenters. The van der Waals surface area contributed by atoms with Gasteiger partial charge in [0.1, 0.15) is 5.69 Å². The number of aryl methyl sites for hydroxylation is 1. The van der Waals surface area contributed by atoms with Crippen molar-refractivity contribution in [3.63, 3.8) is 0 Å². The summed E-state index contributed by atoms with van der Waals surface area (Å²) in [4.78, 5) is 21.4. The predicted molar refractivity (Wildman–Crippen MR) is 118 cm³/mol. The van der Waals surface area contributed by atoms with Gasteiger partial charge in [0.05, 0.1) is 17.2 Å². The Morgan fingerprint density at radius 3 is 2.68 bits per heavy atom. The van der Waals surface area contributed by atoms with Crippen molar-refractivity contribution in [2.75, 3.05) is 16.6 Å². The molecule has 1 aromatic carbocycles. The molecule has 0 bridgehead atoms. The fourth-order valence-electron chi connectivity index (χ4n) is 3.05. The number of fused-ring (bicyclic) bond motifs is 1. The van der Waals surface area contributed by atoms with Crippen LogP contribution < -0.4 is 14.8 Å². The monoisotopic (exact) mass is 457 g/mol. The summed E-state index contributed by atoms with van der Waals surface area (Å²) in [6.07, 6.45) is 3.26. The third kappa shape index (κ3) is 4.23. The van der Waals surface area contributed by atoms with E-state index in [0.29, 0.717) is 35.1 Å². The molecule has 0 fully saturated rings. The van der Waals surface area contributed by atoms with Crippen LogP contribution in [-0.2, 0) is 10.0 Å². The standard InChI is InChI=1S/C20H19N5O4S2/c1-3-29-16-5-4-11-25-17(13(2)22-18(16)25)19(26)23-14-6-8-15(9-7-14)31(27,28)24-20-21-10-12-30-20/h4-12H,3H2,1-2H3,(H,21,24)(H,23,26). The summed E-state index contributed by atoms with van der Waals surface area (Å²) in [6.45, 7) is 4.11. The number of hydrogen-bond acceptors (Lipinski definition) is 7. The Kier molecular flexibility index (Phi) is 5.61. The van der Waals surface area contributed by atoms with Crippen molar-refractivity contribution in [2.45, 2.75) is 18.7 Å². The molecule has 0 spiro atoms. The highest BCUT2D eigenvalue weighted by Gasteiger charge is 2.20. The van der Waals surface area contributed by atoms with Crippen LogP contribution in [0.1, 0.15) is 23.1 Å². The van der Waals surface area contributed by atoms with Gasteiger partial charge in [-0.25, -0.2) is 18.4 Å². The maximum Gasteiger partial charge on any atom is 0.274 e. The lowest BCUT2D eigenvalue weighted by atomic mass is 10.3. The molecule has 0 radical (unpaired) electrons. The highest BCUT2D eigenvalue weighted by molar-refractivity contribution is 7.93. The molecule has 9 nitrogen and oxygen atoms in total. The van der Waals surface area contributed by atoms with Crippen LogP contribution in [0, 0.1) is 6.92 Å². The molecule has 160 valence electrons.